The molecular weight excluding hydrogens is 362 g/mol. The summed E-state index contributed by atoms with van der Waals surface area (Å²) in [7, 11) is 0. The van der Waals surface area contributed by atoms with Crippen LogP contribution in [0.3, 0.4) is 0 Å². The maximum atomic E-state index is 13.3. The van der Waals surface area contributed by atoms with Gasteiger partial charge in [0.05, 0.1) is 11.6 Å². The van der Waals surface area contributed by atoms with E-state index in [0.717, 1.165) is 12.8 Å². The predicted molar refractivity (Wildman–Crippen MR) is 123 cm³/mol. The van der Waals surface area contributed by atoms with Crippen LogP contribution in [0.15, 0.2) is 0 Å². The maximum absolute atomic E-state index is 13.3. The molecule has 0 fully saturated rings. The number of amides is 1. The van der Waals surface area contributed by atoms with Crippen molar-refractivity contribution >= 4 is 11.7 Å². The fourth-order valence-corrected chi connectivity index (χ4v) is 3.27. The first kappa shape index (κ1) is 28.1. The Kier molecular flexibility index (Phi) is 11.7. The third kappa shape index (κ3) is 9.19. The summed E-state index contributed by atoms with van der Waals surface area (Å²) in [6.45, 7) is 23.4. The van der Waals surface area contributed by atoms with Gasteiger partial charge in [0.1, 0.15) is 0 Å². The van der Waals surface area contributed by atoms with E-state index in [1.165, 1.54) is 0 Å². The second kappa shape index (κ2) is 12.1. The third-order valence-electron chi connectivity index (χ3n) is 6.94. The van der Waals surface area contributed by atoms with Crippen molar-refractivity contribution in [2.75, 3.05) is 6.61 Å². The highest BCUT2D eigenvalue weighted by atomic mass is 16.5. The average molecular weight is 412 g/mol. The van der Waals surface area contributed by atoms with E-state index in [1.54, 1.807) is 0 Å². The van der Waals surface area contributed by atoms with Crippen LogP contribution in [0.25, 0.3) is 0 Å². The minimum Gasteiger partial charge on any atom is -0.376 e. The van der Waals surface area contributed by atoms with Gasteiger partial charge < -0.3 is 10.1 Å². The summed E-state index contributed by atoms with van der Waals surface area (Å²) in [6.07, 6.45) is 3.22. The van der Waals surface area contributed by atoms with E-state index in [0.29, 0.717) is 31.3 Å². The summed E-state index contributed by atoms with van der Waals surface area (Å²) in [4.78, 5) is 26.2. The quantitative estimate of drug-likeness (QED) is 0.380. The summed E-state index contributed by atoms with van der Waals surface area (Å²) in [5.74, 6) is 1.18. The van der Waals surface area contributed by atoms with Crippen LogP contribution in [0.5, 0.6) is 0 Å². The third-order valence-corrected chi connectivity index (χ3v) is 6.94. The van der Waals surface area contributed by atoms with Gasteiger partial charge >= 0.3 is 0 Å². The highest BCUT2D eigenvalue weighted by molar-refractivity contribution is 5.92. The van der Waals surface area contributed by atoms with Crippen LogP contribution >= 0.6 is 0 Å². The molecule has 0 aromatic rings. The smallest absolute Gasteiger partial charge is 0.226 e. The number of Topliss-reactive ketones (excluding diaryl/α,β-unsaturated/α-hetero) is 1. The second-order valence-corrected chi connectivity index (χ2v) is 10.6. The lowest BCUT2D eigenvalue weighted by Gasteiger charge is -2.34. The van der Waals surface area contributed by atoms with E-state index in [9.17, 15) is 9.59 Å². The van der Waals surface area contributed by atoms with E-state index < -0.39 is 11.5 Å². The average Bonchev–Trinajstić information content (AvgIpc) is 2.64. The van der Waals surface area contributed by atoms with Crippen molar-refractivity contribution in [3.05, 3.63) is 0 Å². The monoisotopic (exact) mass is 411 g/mol. The zero-order chi connectivity index (χ0) is 23.0. The summed E-state index contributed by atoms with van der Waals surface area (Å²) in [5.41, 5.74) is -0.717. The molecule has 4 unspecified atom stereocenters. The van der Waals surface area contributed by atoms with Crippen molar-refractivity contribution < 1.29 is 14.3 Å². The Morgan fingerprint density at radius 3 is 1.86 bits per heavy atom. The number of hydrogen-bond acceptors (Lipinski definition) is 3. The summed E-state index contributed by atoms with van der Waals surface area (Å²) >= 11 is 0. The van der Waals surface area contributed by atoms with Gasteiger partial charge in [0.25, 0.3) is 0 Å². The summed E-state index contributed by atoms with van der Waals surface area (Å²) < 4.78 is 6.00. The van der Waals surface area contributed by atoms with Crippen molar-refractivity contribution in [3.8, 4) is 0 Å². The highest BCUT2D eigenvalue weighted by Crippen LogP contribution is 2.29. The number of ketones is 1. The lowest BCUT2D eigenvalue weighted by molar-refractivity contribution is -0.137. The minimum absolute atomic E-state index is 0.0269. The first-order chi connectivity index (χ1) is 13.2. The first-order valence-electron chi connectivity index (χ1n) is 11.7. The Morgan fingerprint density at radius 1 is 0.897 bits per heavy atom. The van der Waals surface area contributed by atoms with Gasteiger partial charge in [-0.05, 0) is 57.3 Å². The van der Waals surface area contributed by atoms with Gasteiger partial charge in [-0.2, -0.15) is 0 Å². The number of nitrogens with one attached hydrogen (secondary N) is 1. The van der Waals surface area contributed by atoms with Crippen molar-refractivity contribution in [2.24, 2.45) is 29.1 Å². The molecule has 29 heavy (non-hydrogen) atoms. The molecule has 0 spiro atoms. The Bertz CT molecular complexity index is 512. The fourth-order valence-electron chi connectivity index (χ4n) is 3.27. The normalized spacial score (nSPS) is 17.7. The molecule has 1 N–H and O–H groups in total. The molecule has 0 heterocycles. The van der Waals surface area contributed by atoms with Crippen LogP contribution in [0.2, 0.25) is 0 Å². The van der Waals surface area contributed by atoms with Crippen molar-refractivity contribution in [1.29, 1.82) is 0 Å². The molecule has 172 valence electrons. The first-order valence-corrected chi connectivity index (χ1v) is 11.7. The Hall–Kier alpha value is -0.900. The van der Waals surface area contributed by atoms with E-state index in [-0.39, 0.29) is 29.1 Å². The van der Waals surface area contributed by atoms with E-state index in [4.69, 9.17) is 4.74 Å². The molecule has 4 heteroatoms. The van der Waals surface area contributed by atoms with Crippen LogP contribution in [0.4, 0.5) is 0 Å². The van der Waals surface area contributed by atoms with E-state index in [2.05, 4.69) is 53.8 Å². The van der Waals surface area contributed by atoms with Crippen molar-refractivity contribution in [1.82, 2.24) is 5.32 Å². The number of hydrogen-bond donors (Lipinski definition) is 1. The summed E-state index contributed by atoms with van der Waals surface area (Å²) in [5, 5.41) is 3.15. The SMILES string of the molecule is CCC(C)(C)OCCC(C)(CC)C(=O)NC(C(=O)C(C)C)C(C)CC(C)C(C)C. The van der Waals surface area contributed by atoms with Gasteiger partial charge in [0.15, 0.2) is 5.78 Å². The van der Waals surface area contributed by atoms with Crippen LogP contribution in [-0.4, -0.2) is 29.9 Å². The summed E-state index contributed by atoms with van der Waals surface area (Å²) in [6, 6.07) is -0.428. The van der Waals surface area contributed by atoms with Gasteiger partial charge in [-0.25, -0.2) is 0 Å². The molecule has 0 bridgehead atoms. The lowest BCUT2D eigenvalue weighted by Crippen LogP contribution is -2.52. The molecule has 0 aliphatic rings. The standard InChI is InChI=1S/C25H49NO3/c1-12-24(9,10)29-15-14-25(11,13-2)23(28)26-21(22(27)18(5)6)20(8)16-19(7)17(3)4/h17-21H,12-16H2,1-11H3,(H,26,28). The van der Waals surface area contributed by atoms with Gasteiger partial charge in [-0.15, -0.1) is 0 Å². The predicted octanol–water partition coefficient (Wildman–Crippen LogP) is 6.03. The molecule has 0 rings (SSSR count). The maximum Gasteiger partial charge on any atom is 0.226 e. The number of ether oxygens (including phenoxy) is 1. The van der Waals surface area contributed by atoms with E-state index >= 15 is 0 Å². The fraction of sp³-hybridized carbons (Fsp3) is 0.920. The molecule has 0 saturated carbocycles. The van der Waals surface area contributed by atoms with Gasteiger partial charge in [-0.1, -0.05) is 62.3 Å². The molecule has 0 saturated heterocycles. The zero-order valence-corrected chi connectivity index (χ0v) is 21.1. The largest absolute Gasteiger partial charge is 0.376 e. The van der Waals surface area contributed by atoms with Crippen LogP contribution in [0, 0.1) is 29.1 Å². The number of carbonyl (C=O) groups excluding carboxylic acids is 2. The molecule has 1 amide bonds. The molecule has 0 aromatic heterocycles. The Balaban J connectivity index is 5.31. The highest BCUT2D eigenvalue weighted by Gasteiger charge is 2.37. The molecule has 4 atom stereocenters. The number of carbonyl (C=O) groups is 2. The van der Waals surface area contributed by atoms with Gasteiger partial charge in [0.2, 0.25) is 5.91 Å². The van der Waals surface area contributed by atoms with Crippen LogP contribution in [-0.2, 0) is 14.3 Å². The van der Waals surface area contributed by atoms with Crippen molar-refractivity contribution in [3.63, 3.8) is 0 Å². The molecule has 0 aliphatic carbocycles. The molecule has 4 nitrogen and oxygen atoms in total. The number of rotatable bonds is 14. The van der Waals surface area contributed by atoms with Gasteiger partial charge in [-0.3, -0.25) is 9.59 Å². The van der Waals surface area contributed by atoms with E-state index in [1.807, 2.05) is 27.7 Å². The Labute approximate surface area is 180 Å². The van der Waals surface area contributed by atoms with Crippen molar-refractivity contribution in [2.45, 2.75) is 113 Å². The Morgan fingerprint density at radius 2 is 1.45 bits per heavy atom. The minimum atomic E-state index is -0.539. The topological polar surface area (TPSA) is 55.4 Å². The van der Waals surface area contributed by atoms with Crippen LogP contribution in [0.1, 0.15) is 102 Å². The lowest BCUT2D eigenvalue weighted by atomic mass is 9.80. The molecule has 0 aromatic carbocycles. The zero-order valence-electron chi connectivity index (χ0n) is 21.1. The van der Waals surface area contributed by atoms with Gasteiger partial charge in [0, 0.05) is 17.9 Å². The molecule has 0 radical (unpaired) electrons. The second-order valence-electron chi connectivity index (χ2n) is 10.6. The molecule has 0 aliphatic heterocycles. The molecular formula is C25H49NO3. The van der Waals surface area contributed by atoms with Crippen LogP contribution < -0.4 is 5.32 Å².